The number of carbonyl (C=O) groups is 2. The summed E-state index contributed by atoms with van der Waals surface area (Å²) < 4.78 is 5.86. The number of piperazine rings is 1. The van der Waals surface area contributed by atoms with E-state index >= 15 is 0 Å². The first-order chi connectivity index (χ1) is 15.7. The summed E-state index contributed by atoms with van der Waals surface area (Å²) in [7, 11) is 0. The summed E-state index contributed by atoms with van der Waals surface area (Å²) in [4.78, 5) is 33.6. The van der Waals surface area contributed by atoms with Gasteiger partial charge in [0, 0.05) is 64.0 Å². The van der Waals surface area contributed by atoms with Crippen LogP contribution in [0.5, 0.6) is 11.5 Å². The Bertz CT molecular complexity index is 935. The van der Waals surface area contributed by atoms with Crippen LogP contribution in [0.15, 0.2) is 54.6 Å². The molecule has 0 bridgehead atoms. The van der Waals surface area contributed by atoms with E-state index in [0.717, 1.165) is 69.3 Å². The maximum Gasteiger partial charge on any atom is 0.320 e. The van der Waals surface area contributed by atoms with Gasteiger partial charge in [0.1, 0.15) is 11.5 Å². The number of rotatable bonds is 4. The van der Waals surface area contributed by atoms with Crippen molar-refractivity contribution in [1.82, 2.24) is 14.7 Å². The van der Waals surface area contributed by atoms with E-state index in [1.165, 1.54) is 0 Å². The van der Waals surface area contributed by atoms with Crippen LogP contribution in [0.25, 0.3) is 0 Å². The molecule has 0 radical (unpaired) electrons. The van der Waals surface area contributed by atoms with Crippen LogP contribution in [0, 0.1) is 0 Å². The molecule has 2 aromatic rings. The van der Waals surface area contributed by atoms with Crippen LogP contribution in [0.1, 0.15) is 19.3 Å². The summed E-state index contributed by atoms with van der Waals surface area (Å²) in [5.41, 5.74) is 0.903. The van der Waals surface area contributed by atoms with Crippen LogP contribution in [0.4, 0.5) is 10.5 Å². The van der Waals surface area contributed by atoms with Crippen molar-refractivity contribution in [3.8, 4) is 11.5 Å². The van der Waals surface area contributed by atoms with Crippen LogP contribution in [-0.2, 0) is 4.79 Å². The number of hydrogen-bond donors (Lipinski definition) is 0. The number of likely N-dealkylation sites (tertiary alicyclic amines) is 1. The molecule has 0 spiro atoms. The van der Waals surface area contributed by atoms with Crippen molar-refractivity contribution in [3.63, 3.8) is 0 Å². The predicted molar refractivity (Wildman–Crippen MR) is 123 cm³/mol. The fraction of sp³-hybridized carbons (Fsp3) is 0.440. The molecule has 3 saturated heterocycles. The van der Waals surface area contributed by atoms with Crippen molar-refractivity contribution in [2.75, 3.05) is 50.7 Å². The van der Waals surface area contributed by atoms with Crippen LogP contribution in [-0.4, -0.2) is 78.5 Å². The third kappa shape index (κ3) is 4.43. The summed E-state index contributed by atoms with van der Waals surface area (Å²) in [6, 6.07) is 17.8. The lowest BCUT2D eigenvalue weighted by Crippen LogP contribution is -2.55. The Hall–Kier alpha value is -3.06. The Labute approximate surface area is 189 Å². The molecular weight excluding hydrogens is 404 g/mol. The van der Waals surface area contributed by atoms with E-state index in [2.05, 4.69) is 4.90 Å². The Balaban J connectivity index is 1.15. The molecule has 3 aliphatic rings. The minimum Gasteiger partial charge on any atom is -0.457 e. The molecule has 1 unspecified atom stereocenters. The maximum absolute atomic E-state index is 12.7. The third-order valence-electron chi connectivity index (χ3n) is 6.71. The van der Waals surface area contributed by atoms with E-state index in [1.54, 1.807) is 0 Å². The molecule has 3 aliphatic heterocycles. The molecule has 3 amide bonds. The third-order valence-corrected chi connectivity index (χ3v) is 6.71. The van der Waals surface area contributed by atoms with Gasteiger partial charge in [0.05, 0.1) is 0 Å². The van der Waals surface area contributed by atoms with Crippen molar-refractivity contribution in [2.24, 2.45) is 0 Å². The normalized spacial score (nSPS) is 21.9. The SMILES string of the molecule is O=C(N1CCCC1)N1CCN(C2CC(=O)N(c3ccc(Oc4ccccc4)cc3)C2)CC1. The van der Waals surface area contributed by atoms with Crippen molar-refractivity contribution >= 4 is 17.6 Å². The van der Waals surface area contributed by atoms with Crippen LogP contribution in [0.3, 0.4) is 0 Å². The highest BCUT2D eigenvalue weighted by Gasteiger charge is 2.36. The van der Waals surface area contributed by atoms with Gasteiger partial charge in [-0.2, -0.15) is 0 Å². The molecule has 1 atom stereocenters. The first-order valence-electron chi connectivity index (χ1n) is 11.6. The first-order valence-corrected chi connectivity index (χ1v) is 11.6. The lowest BCUT2D eigenvalue weighted by atomic mass is 10.2. The minimum absolute atomic E-state index is 0.155. The minimum atomic E-state index is 0.155. The second-order valence-corrected chi connectivity index (χ2v) is 8.77. The number of ether oxygens (including phenoxy) is 1. The fourth-order valence-corrected chi connectivity index (χ4v) is 4.89. The molecule has 32 heavy (non-hydrogen) atoms. The Kier molecular flexibility index (Phi) is 5.99. The van der Waals surface area contributed by atoms with Gasteiger partial charge < -0.3 is 19.4 Å². The molecule has 168 valence electrons. The molecule has 0 N–H and O–H groups in total. The molecule has 0 saturated carbocycles. The molecule has 2 aromatic carbocycles. The zero-order chi connectivity index (χ0) is 21.9. The van der Waals surface area contributed by atoms with E-state index in [4.69, 9.17) is 4.74 Å². The van der Waals surface area contributed by atoms with Crippen molar-refractivity contribution in [3.05, 3.63) is 54.6 Å². The van der Waals surface area contributed by atoms with Gasteiger partial charge in [-0.3, -0.25) is 9.69 Å². The highest BCUT2D eigenvalue weighted by atomic mass is 16.5. The molecule has 3 fully saturated rings. The molecular formula is C25H30N4O3. The first kappa shape index (κ1) is 20.8. The number of para-hydroxylation sites is 1. The van der Waals surface area contributed by atoms with Gasteiger partial charge in [0.15, 0.2) is 0 Å². The highest BCUT2D eigenvalue weighted by molar-refractivity contribution is 5.96. The summed E-state index contributed by atoms with van der Waals surface area (Å²) >= 11 is 0. The van der Waals surface area contributed by atoms with E-state index in [9.17, 15) is 9.59 Å². The van der Waals surface area contributed by atoms with Crippen molar-refractivity contribution in [1.29, 1.82) is 0 Å². The Morgan fingerprint density at radius 3 is 2.09 bits per heavy atom. The van der Waals surface area contributed by atoms with Gasteiger partial charge in [-0.05, 0) is 49.2 Å². The fourth-order valence-electron chi connectivity index (χ4n) is 4.89. The highest BCUT2D eigenvalue weighted by Crippen LogP contribution is 2.28. The van der Waals surface area contributed by atoms with Gasteiger partial charge >= 0.3 is 6.03 Å². The second-order valence-electron chi connectivity index (χ2n) is 8.77. The molecule has 7 heteroatoms. The van der Waals surface area contributed by atoms with E-state index in [-0.39, 0.29) is 18.0 Å². The Morgan fingerprint density at radius 1 is 0.781 bits per heavy atom. The predicted octanol–water partition coefficient (Wildman–Crippen LogP) is 3.42. The number of carbonyl (C=O) groups excluding carboxylic acids is 2. The number of amides is 3. The van der Waals surface area contributed by atoms with E-state index in [1.807, 2.05) is 69.3 Å². The quantitative estimate of drug-likeness (QED) is 0.740. The van der Waals surface area contributed by atoms with Crippen molar-refractivity contribution in [2.45, 2.75) is 25.3 Å². The largest absolute Gasteiger partial charge is 0.457 e. The summed E-state index contributed by atoms with van der Waals surface area (Å²) in [5, 5.41) is 0. The number of hydrogen-bond acceptors (Lipinski definition) is 4. The molecule has 7 nitrogen and oxygen atoms in total. The van der Waals surface area contributed by atoms with Gasteiger partial charge in [0.25, 0.3) is 0 Å². The van der Waals surface area contributed by atoms with Crippen LogP contribution >= 0.6 is 0 Å². The molecule has 0 aromatic heterocycles. The number of urea groups is 1. The summed E-state index contributed by atoms with van der Waals surface area (Å²) in [6.07, 6.45) is 2.76. The average Bonchev–Trinajstić information content (AvgIpc) is 3.50. The zero-order valence-electron chi connectivity index (χ0n) is 18.4. The van der Waals surface area contributed by atoms with Gasteiger partial charge in [-0.1, -0.05) is 18.2 Å². The standard InChI is InChI=1S/C25H30N4O3/c30-24-18-21(26-14-16-28(17-15-26)25(31)27-12-4-5-13-27)19-29(24)20-8-10-23(11-9-20)32-22-6-2-1-3-7-22/h1-3,6-11,21H,4-5,12-19H2. The Morgan fingerprint density at radius 2 is 1.41 bits per heavy atom. The van der Waals surface area contributed by atoms with Gasteiger partial charge in [0.2, 0.25) is 5.91 Å². The van der Waals surface area contributed by atoms with Crippen molar-refractivity contribution < 1.29 is 14.3 Å². The smallest absolute Gasteiger partial charge is 0.320 e. The van der Waals surface area contributed by atoms with Crippen LogP contribution < -0.4 is 9.64 Å². The molecule has 5 rings (SSSR count). The number of anilines is 1. The molecule has 3 heterocycles. The van der Waals surface area contributed by atoms with Gasteiger partial charge in [-0.15, -0.1) is 0 Å². The summed E-state index contributed by atoms with van der Waals surface area (Å²) in [6.45, 7) is 5.61. The van der Waals surface area contributed by atoms with E-state index in [0.29, 0.717) is 13.0 Å². The monoisotopic (exact) mass is 434 g/mol. The zero-order valence-corrected chi connectivity index (χ0v) is 18.4. The topological polar surface area (TPSA) is 56.3 Å². The maximum atomic E-state index is 12.7. The van der Waals surface area contributed by atoms with Crippen LogP contribution in [0.2, 0.25) is 0 Å². The lowest BCUT2D eigenvalue weighted by molar-refractivity contribution is -0.117. The summed E-state index contributed by atoms with van der Waals surface area (Å²) in [5.74, 6) is 1.70. The lowest BCUT2D eigenvalue weighted by Gasteiger charge is -2.39. The molecule has 0 aliphatic carbocycles. The number of benzene rings is 2. The number of nitrogens with zero attached hydrogens (tertiary/aromatic N) is 4. The van der Waals surface area contributed by atoms with Gasteiger partial charge in [-0.25, -0.2) is 4.79 Å². The second kappa shape index (κ2) is 9.20. The van der Waals surface area contributed by atoms with E-state index < -0.39 is 0 Å². The average molecular weight is 435 g/mol.